The number of rotatable bonds is 3. The van der Waals surface area contributed by atoms with E-state index < -0.39 is 10.0 Å². The SMILES string of the molecule is CCc1cn(S(=O)(=O)c2ccccc2)c2ccc(Cl)cc12. The fourth-order valence-electron chi connectivity index (χ4n) is 2.42. The molecular formula is C16H14ClNO2S. The van der Waals surface area contributed by atoms with Gasteiger partial charge in [-0.15, -0.1) is 0 Å². The van der Waals surface area contributed by atoms with Crippen molar-refractivity contribution in [3.05, 3.63) is 65.3 Å². The van der Waals surface area contributed by atoms with Crippen molar-refractivity contribution in [2.75, 3.05) is 0 Å². The van der Waals surface area contributed by atoms with Gasteiger partial charge >= 0.3 is 0 Å². The van der Waals surface area contributed by atoms with E-state index in [2.05, 4.69) is 0 Å². The van der Waals surface area contributed by atoms with Gasteiger partial charge in [0.2, 0.25) is 0 Å². The quantitative estimate of drug-likeness (QED) is 0.729. The first kappa shape index (κ1) is 14.2. The van der Waals surface area contributed by atoms with Crippen molar-refractivity contribution in [2.24, 2.45) is 0 Å². The summed E-state index contributed by atoms with van der Waals surface area (Å²) >= 11 is 6.03. The number of fused-ring (bicyclic) bond motifs is 1. The topological polar surface area (TPSA) is 39.1 Å². The minimum atomic E-state index is -3.59. The van der Waals surface area contributed by atoms with E-state index in [4.69, 9.17) is 11.6 Å². The van der Waals surface area contributed by atoms with Crippen LogP contribution in [0.4, 0.5) is 0 Å². The molecule has 2 aromatic carbocycles. The molecule has 0 aliphatic rings. The Hall–Kier alpha value is -1.78. The average Bonchev–Trinajstić information content (AvgIpc) is 2.86. The lowest BCUT2D eigenvalue weighted by molar-refractivity contribution is 0.589. The van der Waals surface area contributed by atoms with Crippen molar-refractivity contribution in [3.63, 3.8) is 0 Å². The van der Waals surface area contributed by atoms with Crippen LogP contribution in [0.25, 0.3) is 10.9 Å². The first-order valence-electron chi connectivity index (χ1n) is 6.64. The highest BCUT2D eigenvalue weighted by atomic mass is 35.5. The summed E-state index contributed by atoms with van der Waals surface area (Å²) in [5.74, 6) is 0. The second kappa shape index (κ2) is 5.20. The molecule has 0 bridgehead atoms. The second-order valence-corrected chi connectivity index (χ2v) is 7.03. The number of aryl methyl sites for hydroxylation is 1. The van der Waals surface area contributed by atoms with Gasteiger partial charge in [0.05, 0.1) is 10.4 Å². The molecule has 0 aliphatic carbocycles. The largest absolute Gasteiger partial charge is 0.268 e. The highest BCUT2D eigenvalue weighted by Crippen LogP contribution is 2.28. The van der Waals surface area contributed by atoms with E-state index in [0.29, 0.717) is 10.5 Å². The highest BCUT2D eigenvalue weighted by molar-refractivity contribution is 7.90. The molecule has 1 aromatic heterocycles. The van der Waals surface area contributed by atoms with E-state index in [1.165, 1.54) is 3.97 Å². The van der Waals surface area contributed by atoms with Gasteiger partial charge in [0, 0.05) is 16.6 Å². The summed E-state index contributed by atoms with van der Waals surface area (Å²) in [6.45, 7) is 2.00. The van der Waals surface area contributed by atoms with Gasteiger partial charge in [0.15, 0.2) is 0 Å². The predicted molar refractivity (Wildman–Crippen MR) is 85.4 cm³/mol. The van der Waals surface area contributed by atoms with Crippen LogP contribution in [0, 0.1) is 0 Å². The van der Waals surface area contributed by atoms with Gasteiger partial charge in [-0.2, -0.15) is 0 Å². The number of hydrogen-bond donors (Lipinski definition) is 0. The zero-order valence-electron chi connectivity index (χ0n) is 11.5. The second-order valence-electron chi connectivity index (χ2n) is 4.78. The summed E-state index contributed by atoms with van der Waals surface area (Å²) < 4.78 is 26.9. The molecule has 5 heteroatoms. The first-order chi connectivity index (χ1) is 10.0. The maximum atomic E-state index is 12.8. The molecule has 0 saturated heterocycles. The molecule has 0 amide bonds. The van der Waals surface area contributed by atoms with Crippen LogP contribution in [0.3, 0.4) is 0 Å². The molecule has 0 atom stereocenters. The van der Waals surface area contributed by atoms with Crippen LogP contribution >= 0.6 is 11.6 Å². The number of benzene rings is 2. The van der Waals surface area contributed by atoms with Crippen LogP contribution in [0.5, 0.6) is 0 Å². The van der Waals surface area contributed by atoms with E-state index >= 15 is 0 Å². The lowest BCUT2D eigenvalue weighted by Crippen LogP contribution is -2.11. The zero-order chi connectivity index (χ0) is 15.0. The molecule has 0 saturated carbocycles. The summed E-state index contributed by atoms with van der Waals surface area (Å²) in [4.78, 5) is 0.277. The number of halogens is 1. The molecule has 0 fully saturated rings. The molecule has 0 unspecified atom stereocenters. The van der Waals surface area contributed by atoms with Crippen LogP contribution in [-0.4, -0.2) is 12.4 Å². The Bertz CT molecular complexity index is 899. The molecule has 0 N–H and O–H groups in total. The van der Waals surface area contributed by atoms with Crippen molar-refractivity contribution in [1.29, 1.82) is 0 Å². The van der Waals surface area contributed by atoms with Crippen LogP contribution < -0.4 is 0 Å². The van der Waals surface area contributed by atoms with E-state index in [0.717, 1.165) is 17.4 Å². The van der Waals surface area contributed by atoms with Crippen molar-refractivity contribution in [3.8, 4) is 0 Å². The van der Waals surface area contributed by atoms with Crippen LogP contribution in [0.2, 0.25) is 5.02 Å². The molecule has 108 valence electrons. The normalized spacial score (nSPS) is 11.9. The van der Waals surface area contributed by atoms with E-state index in [-0.39, 0.29) is 4.90 Å². The molecule has 3 nitrogen and oxygen atoms in total. The third-order valence-electron chi connectivity index (χ3n) is 3.50. The molecule has 0 aliphatic heterocycles. The van der Waals surface area contributed by atoms with Gasteiger partial charge in [-0.25, -0.2) is 12.4 Å². The minimum absolute atomic E-state index is 0.277. The van der Waals surface area contributed by atoms with Crippen LogP contribution in [-0.2, 0) is 16.4 Å². The van der Waals surface area contributed by atoms with Gasteiger partial charge in [0.25, 0.3) is 10.0 Å². The summed E-state index contributed by atoms with van der Waals surface area (Å²) in [6.07, 6.45) is 2.43. The summed E-state index contributed by atoms with van der Waals surface area (Å²) in [6, 6.07) is 13.7. The number of nitrogens with zero attached hydrogens (tertiary/aromatic N) is 1. The maximum Gasteiger partial charge on any atom is 0.268 e. The number of aromatic nitrogens is 1. The monoisotopic (exact) mass is 319 g/mol. The Labute approximate surface area is 128 Å². The van der Waals surface area contributed by atoms with Crippen LogP contribution in [0.15, 0.2) is 59.6 Å². The lowest BCUT2D eigenvalue weighted by atomic mass is 10.1. The Kier molecular flexibility index (Phi) is 3.51. The van der Waals surface area contributed by atoms with Crippen molar-refractivity contribution >= 4 is 32.5 Å². The fraction of sp³-hybridized carbons (Fsp3) is 0.125. The third-order valence-corrected chi connectivity index (χ3v) is 5.42. The Morgan fingerprint density at radius 2 is 1.81 bits per heavy atom. The van der Waals surface area contributed by atoms with Gasteiger partial charge in [-0.05, 0) is 42.3 Å². The standard InChI is InChI=1S/C16H14ClNO2S/c1-2-12-11-18(16-9-8-13(17)10-15(12)16)21(19,20)14-6-4-3-5-7-14/h3-11H,2H2,1H3. The Morgan fingerprint density at radius 3 is 2.48 bits per heavy atom. The molecule has 1 heterocycles. The minimum Gasteiger partial charge on any atom is -0.241 e. The smallest absolute Gasteiger partial charge is 0.241 e. The molecule has 0 spiro atoms. The third kappa shape index (κ3) is 2.34. The summed E-state index contributed by atoms with van der Waals surface area (Å²) in [5, 5.41) is 1.48. The van der Waals surface area contributed by atoms with E-state index in [1.54, 1.807) is 48.7 Å². The van der Waals surface area contributed by atoms with Gasteiger partial charge in [-0.1, -0.05) is 36.7 Å². The van der Waals surface area contributed by atoms with Crippen molar-refractivity contribution < 1.29 is 8.42 Å². The highest BCUT2D eigenvalue weighted by Gasteiger charge is 2.20. The zero-order valence-corrected chi connectivity index (χ0v) is 13.0. The Balaban J connectivity index is 2.31. The fourth-order valence-corrected chi connectivity index (χ4v) is 4.01. The molecule has 0 radical (unpaired) electrons. The van der Waals surface area contributed by atoms with E-state index in [9.17, 15) is 8.42 Å². The molecule has 3 rings (SSSR count). The van der Waals surface area contributed by atoms with E-state index in [1.807, 2.05) is 13.0 Å². The van der Waals surface area contributed by atoms with Crippen molar-refractivity contribution in [2.45, 2.75) is 18.2 Å². The first-order valence-corrected chi connectivity index (χ1v) is 8.46. The molecular weight excluding hydrogens is 306 g/mol. The van der Waals surface area contributed by atoms with Crippen LogP contribution in [0.1, 0.15) is 12.5 Å². The average molecular weight is 320 g/mol. The summed E-state index contributed by atoms with van der Waals surface area (Å²) in [7, 11) is -3.59. The van der Waals surface area contributed by atoms with Crippen molar-refractivity contribution in [1.82, 2.24) is 3.97 Å². The van der Waals surface area contributed by atoms with Gasteiger partial charge in [0.1, 0.15) is 0 Å². The van der Waals surface area contributed by atoms with Gasteiger partial charge in [-0.3, -0.25) is 0 Å². The number of hydrogen-bond acceptors (Lipinski definition) is 2. The summed E-state index contributed by atoms with van der Waals surface area (Å²) in [5.41, 5.74) is 1.62. The predicted octanol–water partition coefficient (Wildman–Crippen LogP) is 4.09. The molecule has 21 heavy (non-hydrogen) atoms. The maximum absolute atomic E-state index is 12.8. The lowest BCUT2D eigenvalue weighted by Gasteiger charge is -2.07. The Morgan fingerprint density at radius 1 is 1.10 bits per heavy atom. The van der Waals surface area contributed by atoms with Gasteiger partial charge < -0.3 is 0 Å². The molecule has 3 aromatic rings.